The van der Waals surface area contributed by atoms with Crippen molar-refractivity contribution in [2.24, 2.45) is 5.92 Å². The van der Waals surface area contributed by atoms with Crippen LogP contribution in [0.25, 0.3) is 0 Å². The maximum atomic E-state index is 13.5. The van der Waals surface area contributed by atoms with E-state index in [1.54, 1.807) is 0 Å². The molecule has 0 spiro atoms. The Balaban J connectivity index is 2.07. The maximum absolute atomic E-state index is 13.5. The number of aryl methyl sites for hydroxylation is 1. The number of alkyl halides is 8. The molecule has 2 N–H and O–H groups in total. The normalized spacial score (nSPS) is 23.7. The van der Waals surface area contributed by atoms with Crippen molar-refractivity contribution in [3.63, 3.8) is 0 Å². The number of rotatable bonds is 6. The van der Waals surface area contributed by atoms with E-state index in [4.69, 9.17) is 0 Å². The highest BCUT2D eigenvalue weighted by Crippen LogP contribution is 2.44. The summed E-state index contributed by atoms with van der Waals surface area (Å²) in [5.41, 5.74) is -4.37. The lowest BCUT2D eigenvalue weighted by Crippen LogP contribution is -2.60. The molecular formula is C19H23F8NO. The summed E-state index contributed by atoms with van der Waals surface area (Å²) in [5, 5.41) is 12.5. The molecule has 0 saturated heterocycles. The van der Waals surface area contributed by atoms with Gasteiger partial charge in [0.2, 0.25) is 5.72 Å². The molecule has 0 aliphatic heterocycles. The summed E-state index contributed by atoms with van der Waals surface area (Å²) in [7, 11) is 0. The standard InChI is InChI=1S/C19H23F8NO/c1-12-2-8-15(9-3-12)28-16(29,18(22,23)24)11-10-13-4-6-14(7-5-13)17(20,21)19(25,26)27/h4-7,12,15,28-29H,2-3,8-11H2,1H3. The van der Waals surface area contributed by atoms with Crippen LogP contribution in [0, 0.1) is 5.92 Å². The summed E-state index contributed by atoms with van der Waals surface area (Å²) in [6.45, 7) is 2.00. The van der Waals surface area contributed by atoms with Crippen LogP contribution in [0.1, 0.15) is 50.2 Å². The van der Waals surface area contributed by atoms with Crippen molar-refractivity contribution in [3.8, 4) is 0 Å². The first-order chi connectivity index (χ1) is 13.2. The van der Waals surface area contributed by atoms with Gasteiger partial charge in [-0.2, -0.15) is 35.1 Å². The van der Waals surface area contributed by atoms with Crippen LogP contribution < -0.4 is 5.32 Å². The van der Waals surface area contributed by atoms with Gasteiger partial charge >= 0.3 is 18.3 Å². The summed E-state index contributed by atoms with van der Waals surface area (Å²) in [4.78, 5) is 0. The van der Waals surface area contributed by atoms with E-state index in [0.717, 1.165) is 25.0 Å². The van der Waals surface area contributed by atoms with Gasteiger partial charge in [0.15, 0.2) is 0 Å². The Hall–Kier alpha value is -1.42. The molecule has 1 atom stereocenters. The molecule has 0 aromatic heterocycles. The highest BCUT2D eigenvalue weighted by Gasteiger charge is 2.58. The van der Waals surface area contributed by atoms with Crippen molar-refractivity contribution in [2.45, 2.75) is 75.5 Å². The fraction of sp³-hybridized carbons (Fsp3) is 0.684. The third-order valence-corrected chi connectivity index (χ3v) is 5.38. The molecule has 1 aliphatic carbocycles. The van der Waals surface area contributed by atoms with E-state index in [1.807, 2.05) is 6.92 Å². The average molecular weight is 433 g/mol. The molecule has 1 saturated carbocycles. The number of hydrogen-bond acceptors (Lipinski definition) is 2. The van der Waals surface area contributed by atoms with Crippen molar-refractivity contribution in [1.82, 2.24) is 5.32 Å². The lowest BCUT2D eigenvalue weighted by Gasteiger charge is -2.37. The molecule has 1 unspecified atom stereocenters. The third kappa shape index (κ3) is 5.59. The molecule has 2 nitrogen and oxygen atoms in total. The van der Waals surface area contributed by atoms with E-state index in [9.17, 15) is 40.2 Å². The highest BCUT2D eigenvalue weighted by atomic mass is 19.4. The molecule has 10 heteroatoms. The fourth-order valence-electron chi connectivity index (χ4n) is 3.41. The summed E-state index contributed by atoms with van der Waals surface area (Å²) >= 11 is 0. The molecule has 29 heavy (non-hydrogen) atoms. The Labute approximate surface area is 163 Å². The number of aliphatic hydroxyl groups is 1. The smallest absolute Gasteiger partial charge is 0.368 e. The molecule has 1 aromatic carbocycles. The minimum absolute atomic E-state index is 0.105. The van der Waals surface area contributed by atoms with Crippen molar-refractivity contribution >= 4 is 0 Å². The zero-order chi connectivity index (χ0) is 22.1. The van der Waals surface area contributed by atoms with Gasteiger partial charge in [-0.05, 0) is 43.6 Å². The fourth-order valence-corrected chi connectivity index (χ4v) is 3.41. The number of hydrogen-bond donors (Lipinski definition) is 2. The topological polar surface area (TPSA) is 32.3 Å². The van der Waals surface area contributed by atoms with E-state index in [-0.39, 0.29) is 12.0 Å². The molecule has 1 aromatic rings. The molecule has 0 heterocycles. The van der Waals surface area contributed by atoms with Gasteiger partial charge < -0.3 is 5.11 Å². The van der Waals surface area contributed by atoms with Gasteiger partial charge in [-0.3, -0.25) is 5.32 Å². The summed E-state index contributed by atoms with van der Waals surface area (Å²) in [6.07, 6.45) is -9.45. The van der Waals surface area contributed by atoms with Gasteiger partial charge in [0.05, 0.1) is 0 Å². The van der Waals surface area contributed by atoms with E-state index in [1.165, 1.54) is 0 Å². The zero-order valence-corrected chi connectivity index (χ0v) is 15.7. The predicted molar refractivity (Wildman–Crippen MR) is 90.3 cm³/mol. The van der Waals surface area contributed by atoms with Gasteiger partial charge in [0.1, 0.15) is 0 Å². The summed E-state index contributed by atoms with van der Waals surface area (Å²) < 4.78 is 104. The molecule has 2 rings (SSSR count). The Bertz CT molecular complexity index is 662. The third-order valence-electron chi connectivity index (χ3n) is 5.38. The van der Waals surface area contributed by atoms with E-state index in [0.29, 0.717) is 30.9 Å². The Morgan fingerprint density at radius 1 is 0.862 bits per heavy atom. The van der Waals surface area contributed by atoms with Crippen LogP contribution in [0.5, 0.6) is 0 Å². The highest BCUT2D eigenvalue weighted by molar-refractivity contribution is 5.27. The van der Waals surface area contributed by atoms with Gasteiger partial charge in [0.25, 0.3) is 0 Å². The Kier molecular flexibility index (Phi) is 6.89. The largest absolute Gasteiger partial charge is 0.458 e. The maximum Gasteiger partial charge on any atom is 0.458 e. The monoisotopic (exact) mass is 433 g/mol. The lowest BCUT2D eigenvalue weighted by atomic mass is 9.86. The molecule has 1 fully saturated rings. The minimum atomic E-state index is -5.77. The summed E-state index contributed by atoms with van der Waals surface area (Å²) in [5.74, 6) is -4.65. The molecular weight excluding hydrogens is 410 g/mol. The molecule has 0 bridgehead atoms. The van der Waals surface area contributed by atoms with Crippen LogP contribution in [0.4, 0.5) is 35.1 Å². The first kappa shape index (κ1) is 23.9. The first-order valence-corrected chi connectivity index (χ1v) is 9.26. The quantitative estimate of drug-likeness (QED) is 0.446. The van der Waals surface area contributed by atoms with Gasteiger partial charge in [-0.15, -0.1) is 0 Å². The lowest BCUT2D eigenvalue weighted by molar-refractivity contribution is -0.289. The van der Waals surface area contributed by atoms with E-state index < -0.39 is 42.0 Å². The van der Waals surface area contributed by atoms with Crippen molar-refractivity contribution in [1.29, 1.82) is 0 Å². The Morgan fingerprint density at radius 2 is 1.38 bits per heavy atom. The van der Waals surface area contributed by atoms with Crippen molar-refractivity contribution < 1.29 is 40.2 Å². The second-order valence-corrected chi connectivity index (χ2v) is 7.73. The number of benzene rings is 1. The first-order valence-electron chi connectivity index (χ1n) is 9.26. The van der Waals surface area contributed by atoms with Crippen molar-refractivity contribution in [3.05, 3.63) is 35.4 Å². The predicted octanol–water partition coefficient (Wildman–Crippen LogP) is 5.69. The second kappa shape index (κ2) is 8.37. The Morgan fingerprint density at radius 3 is 1.83 bits per heavy atom. The van der Waals surface area contributed by atoms with Crippen LogP contribution in [0.3, 0.4) is 0 Å². The van der Waals surface area contributed by atoms with E-state index >= 15 is 0 Å². The van der Waals surface area contributed by atoms with Gasteiger partial charge in [-0.1, -0.05) is 31.2 Å². The summed E-state index contributed by atoms with van der Waals surface area (Å²) in [6, 6.07) is 2.38. The second-order valence-electron chi connectivity index (χ2n) is 7.73. The van der Waals surface area contributed by atoms with Crippen molar-refractivity contribution in [2.75, 3.05) is 0 Å². The SMILES string of the molecule is CC1CCC(NC(O)(CCc2ccc(C(F)(F)C(F)(F)F)cc2)C(F)(F)F)CC1. The van der Waals surface area contributed by atoms with Gasteiger partial charge in [-0.25, -0.2) is 0 Å². The van der Waals surface area contributed by atoms with Crippen LogP contribution in [-0.4, -0.2) is 29.2 Å². The van der Waals surface area contributed by atoms with Crippen LogP contribution in [0.2, 0.25) is 0 Å². The number of nitrogens with one attached hydrogen (secondary N) is 1. The molecule has 0 amide bonds. The molecule has 166 valence electrons. The minimum Gasteiger partial charge on any atom is -0.368 e. The average Bonchev–Trinajstić information content (AvgIpc) is 2.60. The van der Waals surface area contributed by atoms with Crippen LogP contribution in [0.15, 0.2) is 24.3 Å². The molecule has 0 radical (unpaired) electrons. The van der Waals surface area contributed by atoms with Gasteiger partial charge in [0, 0.05) is 18.0 Å². The number of halogens is 8. The zero-order valence-electron chi connectivity index (χ0n) is 15.7. The van der Waals surface area contributed by atoms with Crippen LogP contribution >= 0.6 is 0 Å². The van der Waals surface area contributed by atoms with Crippen LogP contribution in [-0.2, 0) is 12.3 Å². The molecule has 1 aliphatic rings. The van der Waals surface area contributed by atoms with E-state index in [2.05, 4.69) is 5.32 Å².